The first-order valence-corrected chi connectivity index (χ1v) is 6.74. The molecular formula is C15H24N2O2. The number of carbonyl (C=O) groups excluding carboxylic acids is 1. The highest BCUT2D eigenvalue weighted by molar-refractivity contribution is 5.82. The van der Waals surface area contributed by atoms with Crippen molar-refractivity contribution >= 4 is 5.91 Å². The van der Waals surface area contributed by atoms with Gasteiger partial charge in [-0.3, -0.25) is 4.79 Å². The number of carbonyl (C=O) groups is 1. The molecule has 1 unspecified atom stereocenters. The van der Waals surface area contributed by atoms with Gasteiger partial charge in [0.2, 0.25) is 5.91 Å². The van der Waals surface area contributed by atoms with E-state index in [1.807, 2.05) is 45.0 Å². The van der Waals surface area contributed by atoms with Gasteiger partial charge >= 0.3 is 0 Å². The van der Waals surface area contributed by atoms with E-state index in [0.29, 0.717) is 12.8 Å². The number of rotatable bonds is 6. The normalized spacial score (nSPS) is 13.1. The Morgan fingerprint density at radius 1 is 1.32 bits per heavy atom. The summed E-state index contributed by atoms with van der Waals surface area (Å²) in [6, 6.07) is 6.86. The van der Waals surface area contributed by atoms with Crippen LogP contribution < -0.4 is 11.1 Å². The highest BCUT2D eigenvalue weighted by atomic mass is 16.3. The molecule has 4 N–H and O–H groups in total. The van der Waals surface area contributed by atoms with Gasteiger partial charge in [0.25, 0.3) is 0 Å². The lowest BCUT2D eigenvalue weighted by molar-refractivity contribution is -0.123. The van der Waals surface area contributed by atoms with E-state index in [1.165, 1.54) is 0 Å². The molecule has 0 heterocycles. The quantitative estimate of drug-likeness (QED) is 0.731. The minimum absolute atomic E-state index is 0.235. The molecule has 0 aliphatic rings. The van der Waals surface area contributed by atoms with Crippen LogP contribution in [0.3, 0.4) is 0 Å². The van der Waals surface area contributed by atoms with E-state index < -0.39 is 11.6 Å². The third-order valence-corrected chi connectivity index (χ3v) is 3.63. The SMILES string of the molecule is CCC(O)(CC)CNC(=O)C(N)c1ccc(C)cc1. The van der Waals surface area contributed by atoms with Gasteiger partial charge < -0.3 is 16.2 Å². The molecule has 1 aromatic rings. The van der Waals surface area contributed by atoms with Crippen molar-refractivity contribution < 1.29 is 9.90 Å². The van der Waals surface area contributed by atoms with E-state index in [4.69, 9.17) is 5.73 Å². The first-order valence-electron chi connectivity index (χ1n) is 6.74. The minimum Gasteiger partial charge on any atom is -0.388 e. The van der Waals surface area contributed by atoms with Crippen LogP contribution in [-0.4, -0.2) is 23.2 Å². The zero-order valence-corrected chi connectivity index (χ0v) is 11.9. The van der Waals surface area contributed by atoms with E-state index in [2.05, 4.69) is 5.32 Å². The van der Waals surface area contributed by atoms with Gasteiger partial charge in [-0.05, 0) is 25.3 Å². The number of hydrogen-bond acceptors (Lipinski definition) is 3. The number of nitrogens with two attached hydrogens (primary N) is 1. The first kappa shape index (κ1) is 15.7. The van der Waals surface area contributed by atoms with E-state index in [0.717, 1.165) is 11.1 Å². The standard InChI is InChI=1S/C15H24N2O2/c1-4-15(19,5-2)10-17-14(18)13(16)12-8-6-11(3)7-9-12/h6-9,13,19H,4-5,10,16H2,1-3H3,(H,17,18). The Morgan fingerprint density at radius 3 is 2.32 bits per heavy atom. The monoisotopic (exact) mass is 264 g/mol. The second-order valence-corrected chi connectivity index (χ2v) is 5.04. The Morgan fingerprint density at radius 2 is 1.84 bits per heavy atom. The molecule has 1 amide bonds. The highest BCUT2D eigenvalue weighted by Crippen LogP contribution is 2.15. The average molecular weight is 264 g/mol. The van der Waals surface area contributed by atoms with Crippen molar-refractivity contribution in [2.24, 2.45) is 5.73 Å². The third kappa shape index (κ3) is 4.33. The Bertz CT molecular complexity index is 411. The third-order valence-electron chi connectivity index (χ3n) is 3.63. The van der Waals surface area contributed by atoms with Crippen molar-refractivity contribution in [1.29, 1.82) is 0 Å². The summed E-state index contributed by atoms with van der Waals surface area (Å²) < 4.78 is 0. The number of hydrogen-bond donors (Lipinski definition) is 3. The maximum absolute atomic E-state index is 12.0. The fraction of sp³-hybridized carbons (Fsp3) is 0.533. The molecule has 19 heavy (non-hydrogen) atoms. The second kappa shape index (κ2) is 6.68. The largest absolute Gasteiger partial charge is 0.388 e. The van der Waals surface area contributed by atoms with Gasteiger partial charge in [0.1, 0.15) is 6.04 Å². The second-order valence-electron chi connectivity index (χ2n) is 5.04. The first-order chi connectivity index (χ1) is 8.91. The van der Waals surface area contributed by atoms with Crippen molar-refractivity contribution in [3.63, 3.8) is 0 Å². The topological polar surface area (TPSA) is 75.3 Å². The van der Waals surface area contributed by atoms with Gasteiger partial charge in [0.05, 0.1) is 5.60 Å². The molecule has 0 radical (unpaired) electrons. The molecule has 106 valence electrons. The van der Waals surface area contributed by atoms with Crippen LogP contribution in [0.4, 0.5) is 0 Å². The van der Waals surface area contributed by atoms with Crippen LogP contribution in [-0.2, 0) is 4.79 Å². The van der Waals surface area contributed by atoms with Crippen molar-refractivity contribution in [3.8, 4) is 0 Å². The number of benzene rings is 1. The summed E-state index contributed by atoms with van der Waals surface area (Å²) in [5.41, 5.74) is 6.97. The summed E-state index contributed by atoms with van der Waals surface area (Å²) in [7, 11) is 0. The summed E-state index contributed by atoms with van der Waals surface area (Å²) in [5, 5.41) is 12.8. The number of aryl methyl sites for hydroxylation is 1. The lowest BCUT2D eigenvalue weighted by atomic mass is 9.97. The average Bonchev–Trinajstić information content (AvgIpc) is 2.44. The summed E-state index contributed by atoms with van der Waals surface area (Å²) in [6.07, 6.45) is 1.20. The smallest absolute Gasteiger partial charge is 0.241 e. The van der Waals surface area contributed by atoms with Crippen LogP contribution in [0, 0.1) is 6.92 Å². The zero-order valence-electron chi connectivity index (χ0n) is 11.9. The molecular weight excluding hydrogens is 240 g/mol. The lowest BCUT2D eigenvalue weighted by Crippen LogP contribution is -2.44. The molecule has 0 spiro atoms. The van der Waals surface area contributed by atoms with Crippen molar-refractivity contribution in [2.45, 2.75) is 45.3 Å². The van der Waals surface area contributed by atoms with Crippen LogP contribution in [0.5, 0.6) is 0 Å². The minimum atomic E-state index is -0.845. The summed E-state index contributed by atoms with van der Waals surface area (Å²) in [6.45, 7) is 6.02. The number of nitrogens with one attached hydrogen (secondary N) is 1. The maximum Gasteiger partial charge on any atom is 0.241 e. The van der Waals surface area contributed by atoms with Crippen molar-refractivity contribution in [1.82, 2.24) is 5.32 Å². The van der Waals surface area contributed by atoms with Gasteiger partial charge in [-0.15, -0.1) is 0 Å². The summed E-state index contributed by atoms with van der Waals surface area (Å²) in [5.74, 6) is -0.260. The Balaban J connectivity index is 2.61. The van der Waals surface area contributed by atoms with E-state index in [9.17, 15) is 9.90 Å². The fourth-order valence-corrected chi connectivity index (χ4v) is 1.79. The molecule has 0 fully saturated rings. The Hall–Kier alpha value is -1.39. The summed E-state index contributed by atoms with van der Waals surface area (Å²) >= 11 is 0. The molecule has 0 aliphatic heterocycles. The van der Waals surface area contributed by atoms with Crippen LogP contribution in [0.2, 0.25) is 0 Å². The molecule has 0 saturated carbocycles. The zero-order chi connectivity index (χ0) is 14.5. The molecule has 1 aromatic carbocycles. The molecule has 1 rings (SSSR count). The molecule has 1 atom stereocenters. The highest BCUT2D eigenvalue weighted by Gasteiger charge is 2.24. The van der Waals surface area contributed by atoms with Crippen molar-refractivity contribution in [2.75, 3.05) is 6.54 Å². The molecule has 0 bridgehead atoms. The van der Waals surface area contributed by atoms with Crippen molar-refractivity contribution in [3.05, 3.63) is 35.4 Å². The van der Waals surface area contributed by atoms with Gasteiger partial charge in [0, 0.05) is 6.54 Å². The predicted molar refractivity (Wildman–Crippen MR) is 76.6 cm³/mol. The Labute approximate surface area is 115 Å². The lowest BCUT2D eigenvalue weighted by Gasteiger charge is -2.26. The van der Waals surface area contributed by atoms with Gasteiger partial charge in [0.15, 0.2) is 0 Å². The molecule has 4 nitrogen and oxygen atoms in total. The van der Waals surface area contributed by atoms with Crippen LogP contribution in [0.25, 0.3) is 0 Å². The maximum atomic E-state index is 12.0. The van der Waals surface area contributed by atoms with Gasteiger partial charge in [-0.2, -0.15) is 0 Å². The fourth-order valence-electron chi connectivity index (χ4n) is 1.79. The van der Waals surface area contributed by atoms with Gasteiger partial charge in [-0.25, -0.2) is 0 Å². The molecule has 0 aromatic heterocycles. The van der Waals surface area contributed by atoms with Gasteiger partial charge in [-0.1, -0.05) is 43.7 Å². The Kier molecular flexibility index (Phi) is 5.51. The van der Waals surface area contributed by atoms with Crippen LogP contribution in [0.1, 0.15) is 43.9 Å². The number of aliphatic hydroxyl groups is 1. The van der Waals surface area contributed by atoms with E-state index in [1.54, 1.807) is 0 Å². The number of amides is 1. The summed E-state index contributed by atoms with van der Waals surface area (Å²) in [4.78, 5) is 12.0. The van der Waals surface area contributed by atoms with Crippen LogP contribution >= 0.6 is 0 Å². The molecule has 0 saturated heterocycles. The molecule has 0 aliphatic carbocycles. The van der Waals surface area contributed by atoms with E-state index in [-0.39, 0.29) is 12.5 Å². The van der Waals surface area contributed by atoms with Crippen LogP contribution in [0.15, 0.2) is 24.3 Å². The molecule has 4 heteroatoms. The predicted octanol–water partition coefficient (Wildman–Crippen LogP) is 1.66. The van der Waals surface area contributed by atoms with E-state index >= 15 is 0 Å².